The van der Waals surface area contributed by atoms with E-state index in [1.165, 1.54) is 4.72 Å². The average Bonchev–Trinajstić information content (AvgIpc) is 2.61. The summed E-state index contributed by atoms with van der Waals surface area (Å²) in [4.78, 5) is 0. The fourth-order valence-corrected chi connectivity index (χ4v) is 2.79. The van der Waals surface area contributed by atoms with Crippen LogP contribution in [0.1, 0.15) is 19.3 Å². The standard InChI is InChI=1S/C8H12F3N3O2S/c9-8(10,11)5-13-17(15,16)14-7-3-1-2-6(7)4-12/h6-7,13-14H,1-3,5H2. The predicted molar refractivity (Wildman–Crippen MR) is 52.9 cm³/mol. The lowest BCUT2D eigenvalue weighted by Gasteiger charge is -2.16. The first-order valence-corrected chi connectivity index (χ1v) is 6.45. The van der Waals surface area contributed by atoms with Gasteiger partial charge in [-0.2, -0.15) is 36.3 Å². The molecule has 0 amide bonds. The van der Waals surface area contributed by atoms with Gasteiger partial charge in [0.05, 0.1) is 12.0 Å². The van der Waals surface area contributed by atoms with Crippen LogP contribution in [0, 0.1) is 17.2 Å². The first-order valence-electron chi connectivity index (χ1n) is 4.97. The highest BCUT2D eigenvalue weighted by atomic mass is 32.2. The minimum absolute atomic E-state index is 0.463. The van der Waals surface area contributed by atoms with Crippen molar-refractivity contribution in [2.24, 2.45) is 5.92 Å². The Morgan fingerprint density at radius 1 is 1.35 bits per heavy atom. The Labute approximate surface area is 97.2 Å². The van der Waals surface area contributed by atoms with E-state index in [0.29, 0.717) is 19.3 Å². The van der Waals surface area contributed by atoms with Crippen molar-refractivity contribution in [1.29, 1.82) is 5.26 Å². The molecule has 17 heavy (non-hydrogen) atoms. The summed E-state index contributed by atoms with van der Waals surface area (Å²) in [6.07, 6.45) is -2.89. The van der Waals surface area contributed by atoms with Gasteiger partial charge in [-0.1, -0.05) is 6.42 Å². The zero-order valence-electron chi connectivity index (χ0n) is 8.79. The maximum absolute atomic E-state index is 11.8. The molecule has 2 atom stereocenters. The Morgan fingerprint density at radius 3 is 2.53 bits per heavy atom. The summed E-state index contributed by atoms with van der Waals surface area (Å²) < 4.78 is 61.5. The number of hydrogen-bond acceptors (Lipinski definition) is 3. The van der Waals surface area contributed by atoms with Gasteiger partial charge < -0.3 is 0 Å². The Bertz CT molecular complexity index is 401. The normalized spacial score (nSPS) is 25.8. The van der Waals surface area contributed by atoms with Crippen LogP contribution in [0.15, 0.2) is 0 Å². The Kier molecular flexibility index (Phi) is 4.35. The molecule has 1 fully saturated rings. The minimum Gasteiger partial charge on any atom is -0.198 e. The lowest BCUT2D eigenvalue weighted by Crippen LogP contribution is -2.46. The van der Waals surface area contributed by atoms with Crippen molar-refractivity contribution in [3.63, 3.8) is 0 Å². The second kappa shape index (κ2) is 5.20. The van der Waals surface area contributed by atoms with Crippen molar-refractivity contribution >= 4 is 10.2 Å². The highest BCUT2D eigenvalue weighted by Gasteiger charge is 2.33. The summed E-state index contributed by atoms with van der Waals surface area (Å²) in [5, 5.41) is 8.71. The largest absolute Gasteiger partial charge is 0.402 e. The predicted octanol–water partition coefficient (Wildman–Crippen LogP) is 0.665. The zero-order chi connectivity index (χ0) is 13.1. The van der Waals surface area contributed by atoms with E-state index in [0.717, 1.165) is 0 Å². The van der Waals surface area contributed by atoms with Crippen LogP contribution in [0.2, 0.25) is 0 Å². The Morgan fingerprint density at radius 2 is 2.00 bits per heavy atom. The number of nitrogens with zero attached hydrogens (tertiary/aromatic N) is 1. The van der Waals surface area contributed by atoms with Gasteiger partial charge in [0.25, 0.3) is 10.2 Å². The number of rotatable bonds is 4. The fraction of sp³-hybridized carbons (Fsp3) is 0.875. The van der Waals surface area contributed by atoms with Gasteiger partial charge in [0.2, 0.25) is 0 Å². The average molecular weight is 271 g/mol. The molecule has 2 N–H and O–H groups in total. The maximum atomic E-state index is 11.8. The summed E-state index contributed by atoms with van der Waals surface area (Å²) in [5.41, 5.74) is 0. The second-order valence-corrected chi connectivity index (χ2v) is 5.36. The van der Waals surface area contributed by atoms with Gasteiger partial charge in [-0.25, -0.2) is 0 Å². The molecule has 1 saturated carbocycles. The van der Waals surface area contributed by atoms with Crippen LogP contribution >= 0.6 is 0 Å². The summed E-state index contributed by atoms with van der Waals surface area (Å²) in [6.45, 7) is -1.62. The molecular weight excluding hydrogens is 259 g/mol. The molecule has 0 aromatic rings. The van der Waals surface area contributed by atoms with E-state index in [2.05, 4.69) is 4.72 Å². The third kappa shape index (κ3) is 4.89. The molecule has 98 valence electrons. The van der Waals surface area contributed by atoms with E-state index in [1.54, 1.807) is 0 Å². The van der Waals surface area contributed by atoms with Gasteiger partial charge in [0, 0.05) is 6.04 Å². The molecule has 1 aliphatic carbocycles. The molecule has 0 bridgehead atoms. The fourth-order valence-electron chi connectivity index (χ4n) is 1.67. The van der Waals surface area contributed by atoms with Crippen LogP contribution in [0.25, 0.3) is 0 Å². The van der Waals surface area contributed by atoms with E-state index in [-0.39, 0.29) is 0 Å². The van der Waals surface area contributed by atoms with Crippen LogP contribution in [0.4, 0.5) is 13.2 Å². The Hall–Kier alpha value is -0.850. The van der Waals surface area contributed by atoms with Gasteiger partial charge in [-0.15, -0.1) is 0 Å². The van der Waals surface area contributed by atoms with Crippen molar-refractivity contribution in [1.82, 2.24) is 9.44 Å². The van der Waals surface area contributed by atoms with E-state index in [9.17, 15) is 21.6 Å². The molecule has 9 heteroatoms. The third-order valence-electron chi connectivity index (χ3n) is 2.45. The van der Waals surface area contributed by atoms with Crippen molar-refractivity contribution < 1.29 is 21.6 Å². The Balaban J connectivity index is 2.53. The molecule has 0 aliphatic heterocycles. The van der Waals surface area contributed by atoms with Crippen molar-refractivity contribution in [2.75, 3.05) is 6.54 Å². The highest BCUT2D eigenvalue weighted by molar-refractivity contribution is 7.87. The SMILES string of the molecule is N#CC1CCCC1NS(=O)(=O)NCC(F)(F)F. The number of nitriles is 1. The van der Waals surface area contributed by atoms with Gasteiger partial charge in [-0.05, 0) is 12.8 Å². The number of nitrogens with one attached hydrogen (secondary N) is 2. The molecule has 0 aromatic heterocycles. The third-order valence-corrected chi connectivity index (χ3v) is 3.59. The van der Waals surface area contributed by atoms with Crippen LogP contribution in [-0.2, 0) is 10.2 Å². The molecule has 0 radical (unpaired) electrons. The second-order valence-electron chi connectivity index (χ2n) is 3.83. The molecule has 2 unspecified atom stereocenters. The van der Waals surface area contributed by atoms with E-state index >= 15 is 0 Å². The van der Waals surface area contributed by atoms with Crippen LogP contribution in [0.3, 0.4) is 0 Å². The maximum Gasteiger partial charge on any atom is 0.402 e. The summed E-state index contributed by atoms with van der Waals surface area (Å²) in [6, 6.07) is 1.33. The molecule has 0 spiro atoms. The van der Waals surface area contributed by atoms with E-state index in [4.69, 9.17) is 5.26 Å². The topological polar surface area (TPSA) is 82.0 Å². The lowest BCUT2D eigenvalue weighted by molar-refractivity contribution is -0.121. The molecular formula is C8H12F3N3O2S. The molecule has 1 aliphatic rings. The molecule has 1 rings (SSSR count). The smallest absolute Gasteiger partial charge is 0.198 e. The van der Waals surface area contributed by atoms with Crippen LogP contribution in [-0.4, -0.2) is 27.2 Å². The minimum atomic E-state index is -4.60. The molecule has 0 aromatic carbocycles. The first-order chi connectivity index (χ1) is 7.73. The number of halogens is 3. The van der Waals surface area contributed by atoms with Gasteiger partial charge in [-0.3, -0.25) is 0 Å². The highest BCUT2D eigenvalue weighted by Crippen LogP contribution is 2.25. The quantitative estimate of drug-likeness (QED) is 0.788. The van der Waals surface area contributed by atoms with Gasteiger partial charge in [0.15, 0.2) is 0 Å². The zero-order valence-corrected chi connectivity index (χ0v) is 9.61. The van der Waals surface area contributed by atoms with Gasteiger partial charge in [0.1, 0.15) is 6.54 Å². The summed E-state index contributed by atoms with van der Waals surface area (Å²) >= 11 is 0. The number of hydrogen-bond donors (Lipinski definition) is 2. The number of alkyl halides is 3. The van der Waals surface area contributed by atoms with Crippen molar-refractivity contribution in [3.05, 3.63) is 0 Å². The molecule has 0 saturated heterocycles. The molecule has 5 nitrogen and oxygen atoms in total. The molecule has 0 heterocycles. The monoisotopic (exact) mass is 271 g/mol. The van der Waals surface area contributed by atoms with E-state index < -0.39 is 34.9 Å². The van der Waals surface area contributed by atoms with Crippen LogP contribution < -0.4 is 9.44 Å². The lowest BCUT2D eigenvalue weighted by atomic mass is 10.1. The van der Waals surface area contributed by atoms with E-state index in [1.807, 2.05) is 6.07 Å². The first kappa shape index (κ1) is 14.2. The van der Waals surface area contributed by atoms with Gasteiger partial charge >= 0.3 is 6.18 Å². The summed E-state index contributed by atoms with van der Waals surface area (Å²) in [5.74, 6) is -0.475. The van der Waals surface area contributed by atoms with Crippen molar-refractivity contribution in [2.45, 2.75) is 31.5 Å². The van der Waals surface area contributed by atoms with Crippen LogP contribution in [0.5, 0.6) is 0 Å². The summed E-state index contributed by atoms with van der Waals surface area (Å²) in [7, 11) is -4.21. The van der Waals surface area contributed by atoms with Crippen molar-refractivity contribution in [3.8, 4) is 6.07 Å².